The Kier molecular flexibility index (Phi) is 4.32. The van der Waals surface area contributed by atoms with Gasteiger partial charge in [-0.2, -0.15) is 0 Å². The Bertz CT molecular complexity index is 352. The monoisotopic (exact) mass is 249 g/mol. The molecule has 0 amide bonds. The Balaban J connectivity index is 2.90. The predicted molar refractivity (Wildman–Crippen MR) is 60.9 cm³/mol. The molecule has 1 aliphatic heterocycles. The SMILES string of the molecule is CCCNC1(C(=O)OC)CCCS(=O)(=O)C1. The first-order valence-electron chi connectivity index (χ1n) is 5.49. The van der Waals surface area contributed by atoms with Crippen molar-refractivity contribution in [1.29, 1.82) is 0 Å². The molecule has 0 aromatic heterocycles. The van der Waals surface area contributed by atoms with Crippen molar-refractivity contribution in [2.45, 2.75) is 31.7 Å². The molecular formula is C10H19NO4S. The third-order valence-corrected chi connectivity index (χ3v) is 4.66. The van der Waals surface area contributed by atoms with Gasteiger partial charge in [0.1, 0.15) is 5.54 Å². The van der Waals surface area contributed by atoms with E-state index in [2.05, 4.69) is 5.32 Å². The fourth-order valence-electron chi connectivity index (χ4n) is 2.05. The van der Waals surface area contributed by atoms with Gasteiger partial charge in [0.15, 0.2) is 9.84 Å². The summed E-state index contributed by atoms with van der Waals surface area (Å²) in [6.45, 7) is 2.58. The summed E-state index contributed by atoms with van der Waals surface area (Å²) in [5.41, 5.74) is -1.03. The summed E-state index contributed by atoms with van der Waals surface area (Å²) < 4.78 is 27.9. The van der Waals surface area contributed by atoms with E-state index >= 15 is 0 Å². The average Bonchev–Trinajstić information content (AvgIpc) is 2.24. The van der Waals surface area contributed by atoms with E-state index in [1.54, 1.807) is 0 Å². The van der Waals surface area contributed by atoms with Crippen LogP contribution >= 0.6 is 0 Å². The minimum absolute atomic E-state index is 0.146. The number of esters is 1. The van der Waals surface area contributed by atoms with E-state index in [0.29, 0.717) is 19.4 Å². The van der Waals surface area contributed by atoms with Crippen molar-refractivity contribution in [3.05, 3.63) is 0 Å². The van der Waals surface area contributed by atoms with E-state index in [-0.39, 0.29) is 11.5 Å². The van der Waals surface area contributed by atoms with Crippen molar-refractivity contribution >= 4 is 15.8 Å². The van der Waals surface area contributed by atoms with Gasteiger partial charge in [-0.25, -0.2) is 8.42 Å². The Morgan fingerprint density at radius 1 is 1.50 bits per heavy atom. The predicted octanol–water partition coefficient (Wildman–Crippen LogP) is 0.106. The van der Waals surface area contributed by atoms with Crippen LogP contribution in [0.3, 0.4) is 0 Å². The quantitative estimate of drug-likeness (QED) is 0.716. The molecule has 0 aromatic carbocycles. The lowest BCUT2D eigenvalue weighted by atomic mass is 9.95. The van der Waals surface area contributed by atoms with Crippen LogP contribution < -0.4 is 5.32 Å². The van der Waals surface area contributed by atoms with Gasteiger partial charge in [-0.3, -0.25) is 4.79 Å². The van der Waals surface area contributed by atoms with Crippen molar-refractivity contribution in [2.24, 2.45) is 0 Å². The zero-order valence-corrected chi connectivity index (χ0v) is 10.6. The van der Waals surface area contributed by atoms with Gasteiger partial charge < -0.3 is 10.1 Å². The summed E-state index contributed by atoms with van der Waals surface area (Å²) in [5, 5.41) is 3.04. The van der Waals surface area contributed by atoms with Crippen molar-refractivity contribution < 1.29 is 17.9 Å². The first kappa shape index (κ1) is 13.4. The molecule has 0 saturated carbocycles. The van der Waals surface area contributed by atoms with Gasteiger partial charge >= 0.3 is 5.97 Å². The van der Waals surface area contributed by atoms with E-state index in [1.165, 1.54) is 7.11 Å². The molecule has 1 fully saturated rings. The largest absolute Gasteiger partial charge is 0.468 e. The second kappa shape index (κ2) is 5.14. The molecule has 94 valence electrons. The molecular weight excluding hydrogens is 230 g/mol. The summed E-state index contributed by atoms with van der Waals surface area (Å²) in [7, 11) is -1.85. The first-order valence-corrected chi connectivity index (χ1v) is 7.32. The third kappa shape index (κ3) is 2.95. The van der Waals surface area contributed by atoms with E-state index in [1.807, 2.05) is 6.92 Å². The van der Waals surface area contributed by atoms with Gasteiger partial charge in [-0.05, 0) is 25.8 Å². The topological polar surface area (TPSA) is 72.5 Å². The highest BCUT2D eigenvalue weighted by Crippen LogP contribution is 2.24. The van der Waals surface area contributed by atoms with Crippen molar-refractivity contribution in [1.82, 2.24) is 5.32 Å². The summed E-state index contributed by atoms with van der Waals surface area (Å²) in [5.74, 6) is -0.448. The van der Waals surface area contributed by atoms with Gasteiger partial charge in [0.25, 0.3) is 0 Å². The molecule has 5 nitrogen and oxygen atoms in total. The molecule has 1 aliphatic rings. The van der Waals surface area contributed by atoms with Crippen LogP contribution in [-0.2, 0) is 19.4 Å². The Labute approximate surface area is 96.5 Å². The van der Waals surface area contributed by atoms with Crippen LogP contribution in [0.15, 0.2) is 0 Å². The summed E-state index contributed by atoms with van der Waals surface area (Å²) >= 11 is 0. The second-order valence-corrected chi connectivity index (χ2v) is 6.38. The third-order valence-electron chi connectivity index (χ3n) is 2.81. The summed E-state index contributed by atoms with van der Waals surface area (Å²) in [6.07, 6.45) is 1.88. The molecule has 0 aromatic rings. The van der Waals surface area contributed by atoms with E-state index in [0.717, 1.165) is 6.42 Å². The smallest absolute Gasteiger partial charge is 0.327 e. The average molecular weight is 249 g/mol. The first-order chi connectivity index (χ1) is 7.46. The molecule has 1 heterocycles. The van der Waals surface area contributed by atoms with Crippen LogP contribution in [0.5, 0.6) is 0 Å². The number of methoxy groups -OCH3 is 1. The summed E-state index contributed by atoms with van der Waals surface area (Å²) in [4.78, 5) is 11.7. The number of hydrogen-bond acceptors (Lipinski definition) is 5. The molecule has 1 N–H and O–H groups in total. The number of carbonyl (C=O) groups excluding carboxylic acids is 1. The zero-order chi connectivity index (χ0) is 12.2. The molecule has 1 atom stereocenters. The highest BCUT2D eigenvalue weighted by Gasteiger charge is 2.45. The zero-order valence-electron chi connectivity index (χ0n) is 9.78. The number of sulfone groups is 1. The maximum absolute atomic E-state index is 11.7. The van der Waals surface area contributed by atoms with Gasteiger partial charge in [0, 0.05) is 0 Å². The second-order valence-electron chi connectivity index (χ2n) is 4.20. The molecule has 1 rings (SSSR count). The van der Waals surface area contributed by atoms with Crippen molar-refractivity contribution in [3.63, 3.8) is 0 Å². The van der Waals surface area contributed by atoms with Crippen LogP contribution in [-0.4, -0.2) is 45.1 Å². The molecule has 0 spiro atoms. The minimum atomic E-state index is -3.14. The lowest BCUT2D eigenvalue weighted by molar-refractivity contribution is -0.148. The molecule has 0 bridgehead atoms. The Morgan fingerprint density at radius 3 is 2.69 bits per heavy atom. The van der Waals surface area contributed by atoms with E-state index in [9.17, 15) is 13.2 Å². The molecule has 1 unspecified atom stereocenters. The number of nitrogens with one attached hydrogen (secondary N) is 1. The number of hydrogen-bond donors (Lipinski definition) is 1. The van der Waals surface area contributed by atoms with Crippen molar-refractivity contribution in [3.8, 4) is 0 Å². The number of ether oxygens (including phenoxy) is 1. The highest BCUT2D eigenvalue weighted by molar-refractivity contribution is 7.91. The fourth-order valence-corrected chi connectivity index (χ4v) is 3.89. The van der Waals surface area contributed by atoms with E-state index < -0.39 is 21.3 Å². The van der Waals surface area contributed by atoms with Gasteiger partial charge in [0.05, 0.1) is 18.6 Å². The normalized spacial score (nSPS) is 28.6. The Morgan fingerprint density at radius 2 is 2.19 bits per heavy atom. The standard InChI is InChI=1S/C10H19NO4S/c1-3-6-11-10(9(12)15-2)5-4-7-16(13,14)8-10/h11H,3-8H2,1-2H3. The van der Waals surface area contributed by atoms with Crippen LogP contribution in [0.2, 0.25) is 0 Å². The number of carbonyl (C=O) groups is 1. The van der Waals surface area contributed by atoms with Crippen molar-refractivity contribution in [2.75, 3.05) is 25.2 Å². The van der Waals surface area contributed by atoms with E-state index in [4.69, 9.17) is 4.74 Å². The minimum Gasteiger partial charge on any atom is -0.468 e. The molecule has 0 radical (unpaired) electrons. The fraction of sp³-hybridized carbons (Fsp3) is 0.900. The van der Waals surface area contributed by atoms with Gasteiger partial charge in [-0.15, -0.1) is 0 Å². The lowest BCUT2D eigenvalue weighted by Gasteiger charge is -2.34. The number of rotatable bonds is 4. The van der Waals surface area contributed by atoms with Crippen LogP contribution in [0.1, 0.15) is 26.2 Å². The molecule has 0 aliphatic carbocycles. The maximum atomic E-state index is 11.7. The highest BCUT2D eigenvalue weighted by atomic mass is 32.2. The summed E-state index contributed by atoms with van der Waals surface area (Å²) in [6, 6.07) is 0. The van der Waals surface area contributed by atoms with Crippen LogP contribution in [0.4, 0.5) is 0 Å². The Hall–Kier alpha value is -0.620. The van der Waals surface area contributed by atoms with Gasteiger partial charge in [-0.1, -0.05) is 6.92 Å². The van der Waals surface area contributed by atoms with Gasteiger partial charge in [0.2, 0.25) is 0 Å². The molecule has 16 heavy (non-hydrogen) atoms. The van der Waals surface area contributed by atoms with Crippen LogP contribution in [0, 0.1) is 0 Å². The lowest BCUT2D eigenvalue weighted by Crippen LogP contribution is -2.59. The maximum Gasteiger partial charge on any atom is 0.327 e. The molecule has 1 saturated heterocycles. The molecule has 6 heteroatoms. The van der Waals surface area contributed by atoms with Crippen LogP contribution in [0.25, 0.3) is 0 Å².